The molecular weight excluding hydrogens is 295 g/mol. The van der Waals surface area contributed by atoms with Crippen molar-refractivity contribution >= 4 is 21.7 Å². The quantitative estimate of drug-likeness (QED) is 0.925. The fourth-order valence-corrected chi connectivity index (χ4v) is 2.28. The third-order valence-corrected chi connectivity index (χ3v) is 3.23. The van der Waals surface area contributed by atoms with Crippen LogP contribution in [0.25, 0.3) is 0 Å². The Kier molecular flexibility index (Phi) is 4.31. The molecule has 2 nitrogen and oxygen atoms in total. The first-order chi connectivity index (χ1) is 8.66. The molecule has 0 amide bonds. The first-order valence-electron chi connectivity index (χ1n) is 5.76. The largest absolute Gasteiger partial charge is 0.369 e. The molecule has 0 saturated heterocycles. The highest BCUT2D eigenvalue weighted by Gasteiger charge is 2.03. The van der Waals surface area contributed by atoms with Crippen LogP contribution in [-0.2, 0) is 6.42 Å². The topological polar surface area (TPSA) is 24.9 Å². The van der Waals surface area contributed by atoms with E-state index in [9.17, 15) is 4.39 Å². The molecule has 94 valence electrons. The molecule has 0 aliphatic heterocycles. The fourth-order valence-electron chi connectivity index (χ4n) is 1.68. The number of rotatable bonds is 4. The smallest absolute Gasteiger partial charge is 0.140 e. The van der Waals surface area contributed by atoms with Crippen LogP contribution < -0.4 is 5.32 Å². The lowest BCUT2D eigenvalue weighted by Gasteiger charge is -2.08. The number of halogens is 2. The normalized spacial score (nSPS) is 10.4. The van der Waals surface area contributed by atoms with Crippen molar-refractivity contribution in [2.24, 2.45) is 0 Å². The Bertz CT molecular complexity index is 543. The summed E-state index contributed by atoms with van der Waals surface area (Å²) in [6.07, 6.45) is 2.44. The molecule has 0 radical (unpaired) electrons. The summed E-state index contributed by atoms with van der Waals surface area (Å²) in [6.45, 7) is 2.64. The molecule has 1 N–H and O–H groups in total. The standard InChI is InChI=1S/C14H14BrFN2/c1-10-8-12(15)14(18-9-10)17-7-6-11-4-2-3-5-13(11)16/h2-5,8-9H,6-7H2,1H3,(H,17,18). The molecule has 2 aromatic rings. The number of anilines is 1. The lowest BCUT2D eigenvalue weighted by atomic mass is 10.1. The SMILES string of the molecule is Cc1cnc(NCCc2ccccc2F)c(Br)c1. The van der Waals surface area contributed by atoms with Gasteiger partial charge in [0.2, 0.25) is 0 Å². The highest BCUT2D eigenvalue weighted by atomic mass is 79.9. The minimum atomic E-state index is -0.157. The van der Waals surface area contributed by atoms with E-state index >= 15 is 0 Å². The first-order valence-corrected chi connectivity index (χ1v) is 6.55. The maximum Gasteiger partial charge on any atom is 0.140 e. The van der Waals surface area contributed by atoms with Crippen LogP contribution in [0.15, 0.2) is 41.0 Å². The van der Waals surface area contributed by atoms with Crippen molar-refractivity contribution in [1.29, 1.82) is 0 Å². The molecule has 2 rings (SSSR count). The molecule has 0 bridgehead atoms. The van der Waals surface area contributed by atoms with Crippen molar-refractivity contribution in [3.8, 4) is 0 Å². The molecule has 0 saturated carbocycles. The van der Waals surface area contributed by atoms with Gasteiger partial charge in [-0.1, -0.05) is 18.2 Å². The van der Waals surface area contributed by atoms with E-state index in [0.29, 0.717) is 18.5 Å². The molecule has 0 fully saturated rings. The average molecular weight is 309 g/mol. The Morgan fingerprint density at radius 2 is 2.11 bits per heavy atom. The van der Waals surface area contributed by atoms with Crippen LogP contribution in [0.5, 0.6) is 0 Å². The van der Waals surface area contributed by atoms with E-state index in [1.807, 2.05) is 19.1 Å². The minimum absolute atomic E-state index is 0.157. The number of hydrogen-bond acceptors (Lipinski definition) is 2. The molecule has 0 atom stereocenters. The Balaban J connectivity index is 1.95. The number of aryl methyl sites for hydroxylation is 1. The van der Waals surface area contributed by atoms with Gasteiger partial charge in [0.15, 0.2) is 0 Å². The second-order valence-electron chi connectivity index (χ2n) is 4.11. The van der Waals surface area contributed by atoms with Crippen LogP contribution in [-0.4, -0.2) is 11.5 Å². The molecule has 4 heteroatoms. The summed E-state index contributed by atoms with van der Waals surface area (Å²) in [4.78, 5) is 4.28. The van der Waals surface area contributed by atoms with Crippen molar-refractivity contribution in [3.05, 3.63) is 57.9 Å². The monoisotopic (exact) mass is 308 g/mol. The summed E-state index contributed by atoms with van der Waals surface area (Å²) < 4.78 is 14.3. The van der Waals surface area contributed by atoms with Gasteiger partial charge in [-0.05, 0) is 52.5 Å². The Labute approximate surface area is 114 Å². The summed E-state index contributed by atoms with van der Waals surface area (Å²) in [7, 11) is 0. The molecular formula is C14H14BrFN2. The predicted molar refractivity (Wildman–Crippen MR) is 75.3 cm³/mol. The highest BCUT2D eigenvalue weighted by molar-refractivity contribution is 9.10. The zero-order chi connectivity index (χ0) is 13.0. The van der Waals surface area contributed by atoms with E-state index < -0.39 is 0 Å². The van der Waals surface area contributed by atoms with Gasteiger partial charge in [-0.15, -0.1) is 0 Å². The van der Waals surface area contributed by atoms with Crippen LogP contribution >= 0.6 is 15.9 Å². The van der Waals surface area contributed by atoms with Crippen LogP contribution in [0.4, 0.5) is 10.2 Å². The fraction of sp³-hybridized carbons (Fsp3) is 0.214. The van der Waals surface area contributed by atoms with Gasteiger partial charge in [-0.2, -0.15) is 0 Å². The van der Waals surface area contributed by atoms with Gasteiger partial charge in [0.05, 0.1) is 4.47 Å². The van der Waals surface area contributed by atoms with E-state index in [2.05, 4.69) is 26.2 Å². The van der Waals surface area contributed by atoms with Crippen LogP contribution in [0.1, 0.15) is 11.1 Å². The van der Waals surface area contributed by atoms with Gasteiger partial charge in [0, 0.05) is 12.7 Å². The molecule has 1 heterocycles. The maximum atomic E-state index is 13.4. The zero-order valence-corrected chi connectivity index (χ0v) is 11.7. The van der Waals surface area contributed by atoms with Crippen LogP contribution in [0, 0.1) is 12.7 Å². The second kappa shape index (κ2) is 5.96. The van der Waals surface area contributed by atoms with Gasteiger partial charge in [0.1, 0.15) is 11.6 Å². The number of aromatic nitrogens is 1. The van der Waals surface area contributed by atoms with Crippen molar-refractivity contribution in [1.82, 2.24) is 4.98 Å². The molecule has 0 aliphatic rings. The second-order valence-corrected chi connectivity index (χ2v) is 4.97. The average Bonchev–Trinajstić information content (AvgIpc) is 2.34. The molecule has 1 aromatic heterocycles. The van der Waals surface area contributed by atoms with Crippen LogP contribution in [0.2, 0.25) is 0 Å². The molecule has 1 aromatic carbocycles. The van der Waals surface area contributed by atoms with Crippen LogP contribution in [0.3, 0.4) is 0 Å². The lowest BCUT2D eigenvalue weighted by molar-refractivity contribution is 0.610. The van der Waals surface area contributed by atoms with Gasteiger partial charge in [-0.25, -0.2) is 9.37 Å². The van der Waals surface area contributed by atoms with E-state index in [1.165, 1.54) is 6.07 Å². The number of nitrogens with one attached hydrogen (secondary N) is 1. The van der Waals surface area contributed by atoms with Crippen molar-refractivity contribution in [2.45, 2.75) is 13.3 Å². The summed E-state index contributed by atoms with van der Waals surface area (Å²) in [6, 6.07) is 8.82. The predicted octanol–water partition coefficient (Wildman–Crippen LogP) is 3.95. The van der Waals surface area contributed by atoms with E-state index in [0.717, 1.165) is 15.9 Å². The minimum Gasteiger partial charge on any atom is -0.369 e. The third-order valence-electron chi connectivity index (χ3n) is 2.62. The summed E-state index contributed by atoms with van der Waals surface area (Å²) in [5.41, 5.74) is 1.81. The summed E-state index contributed by atoms with van der Waals surface area (Å²) >= 11 is 3.45. The van der Waals surface area contributed by atoms with E-state index in [4.69, 9.17) is 0 Å². The number of pyridine rings is 1. The zero-order valence-electron chi connectivity index (χ0n) is 10.1. The molecule has 0 aliphatic carbocycles. The van der Waals surface area contributed by atoms with Gasteiger partial charge >= 0.3 is 0 Å². The maximum absolute atomic E-state index is 13.4. The van der Waals surface area contributed by atoms with Crippen molar-refractivity contribution < 1.29 is 4.39 Å². The molecule has 18 heavy (non-hydrogen) atoms. The van der Waals surface area contributed by atoms with E-state index in [-0.39, 0.29) is 5.82 Å². The van der Waals surface area contributed by atoms with E-state index in [1.54, 1.807) is 18.3 Å². The molecule has 0 unspecified atom stereocenters. The Hall–Kier alpha value is -1.42. The first kappa shape index (κ1) is 13.0. The van der Waals surface area contributed by atoms with Gasteiger partial charge in [-0.3, -0.25) is 0 Å². The summed E-state index contributed by atoms with van der Waals surface area (Å²) in [5, 5.41) is 3.19. The molecule has 0 spiro atoms. The van der Waals surface area contributed by atoms with Gasteiger partial charge in [0.25, 0.3) is 0 Å². The number of nitrogens with zero attached hydrogens (tertiary/aromatic N) is 1. The van der Waals surface area contributed by atoms with Crippen molar-refractivity contribution in [2.75, 3.05) is 11.9 Å². The van der Waals surface area contributed by atoms with Gasteiger partial charge < -0.3 is 5.32 Å². The number of benzene rings is 1. The Morgan fingerprint density at radius 1 is 1.33 bits per heavy atom. The lowest BCUT2D eigenvalue weighted by Crippen LogP contribution is -2.07. The Morgan fingerprint density at radius 3 is 2.83 bits per heavy atom. The third kappa shape index (κ3) is 3.29. The van der Waals surface area contributed by atoms with Crippen molar-refractivity contribution in [3.63, 3.8) is 0 Å². The highest BCUT2D eigenvalue weighted by Crippen LogP contribution is 2.20. The summed E-state index contributed by atoms with van der Waals surface area (Å²) in [5.74, 6) is 0.632. The number of hydrogen-bond donors (Lipinski definition) is 1.